The Morgan fingerprint density at radius 3 is 2.55 bits per heavy atom. The summed E-state index contributed by atoms with van der Waals surface area (Å²) < 4.78 is 0. The highest BCUT2D eigenvalue weighted by molar-refractivity contribution is 7.80. The third kappa shape index (κ3) is 2.82. The van der Waals surface area contributed by atoms with Crippen LogP contribution in [0, 0.1) is 0 Å². The molecule has 0 saturated heterocycles. The molecule has 2 aromatic rings. The maximum atomic E-state index is 6.34. The first-order chi connectivity index (χ1) is 10.6. The Balaban J connectivity index is 2.00. The van der Waals surface area contributed by atoms with Gasteiger partial charge in [-0.05, 0) is 29.4 Å². The van der Waals surface area contributed by atoms with Gasteiger partial charge in [0.1, 0.15) is 0 Å². The average molecular weight is 350 g/mol. The summed E-state index contributed by atoms with van der Waals surface area (Å²) in [7, 11) is 0. The van der Waals surface area contributed by atoms with Crippen LogP contribution in [0.15, 0.2) is 53.6 Å². The van der Waals surface area contributed by atoms with E-state index in [1.807, 2.05) is 42.5 Å². The number of benzene rings is 2. The first-order valence-corrected chi connectivity index (χ1v) is 7.90. The molecule has 1 heterocycles. The van der Waals surface area contributed by atoms with Crippen LogP contribution in [0.25, 0.3) is 0 Å². The average Bonchev–Trinajstić information content (AvgIpc) is 2.96. The lowest BCUT2D eigenvalue weighted by Gasteiger charge is -2.23. The summed E-state index contributed by atoms with van der Waals surface area (Å²) in [5, 5.41) is 7.44. The molecule has 0 amide bonds. The normalized spacial score (nSPS) is 17.5. The molecule has 1 aliphatic heterocycles. The molecule has 1 atom stereocenters. The van der Waals surface area contributed by atoms with E-state index in [0.29, 0.717) is 16.5 Å². The molecule has 0 bridgehead atoms. The Morgan fingerprint density at radius 2 is 1.86 bits per heavy atom. The van der Waals surface area contributed by atoms with Crippen molar-refractivity contribution in [2.24, 2.45) is 10.8 Å². The minimum absolute atomic E-state index is 0.140. The van der Waals surface area contributed by atoms with E-state index in [1.54, 1.807) is 11.1 Å². The molecule has 6 heteroatoms. The number of nitrogens with zero attached hydrogens (tertiary/aromatic N) is 2. The molecule has 112 valence electrons. The monoisotopic (exact) mass is 349 g/mol. The van der Waals surface area contributed by atoms with Crippen LogP contribution < -0.4 is 5.73 Å². The van der Waals surface area contributed by atoms with Crippen LogP contribution in [0.4, 0.5) is 0 Å². The van der Waals surface area contributed by atoms with Gasteiger partial charge in [-0.25, -0.2) is 5.01 Å². The van der Waals surface area contributed by atoms with Crippen molar-refractivity contribution in [2.75, 3.05) is 0 Å². The van der Waals surface area contributed by atoms with E-state index >= 15 is 0 Å². The van der Waals surface area contributed by atoms with Crippen LogP contribution in [-0.2, 0) is 0 Å². The third-order valence-electron chi connectivity index (χ3n) is 3.58. The fraction of sp³-hybridized carbons (Fsp3) is 0.125. The Labute approximate surface area is 144 Å². The van der Waals surface area contributed by atoms with Crippen LogP contribution in [0.3, 0.4) is 0 Å². The minimum Gasteiger partial charge on any atom is -0.375 e. The second-order valence-corrected chi connectivity index (χ2v) is 6.16. The van der Waals surface area contributed by atoms with E-state index in [2.05, 4.69) is 5.10 Å². The van der Waals surface area contributed by atoms with Gasteiger partial charge in [0.15, 0.2) is 5.11 Å². The predicted octanol–water partition coefficient (Wildman–Crippen LogP) is 4.39. The standard InChI is InChI=1S/C16H13Cl2N3S/c17-12-8-4-7-11(15(12)18)14-9-13(20-21(14)16(19)22)10-5-2-1-3-6-10/h1-8,14H,9H2,(H2,19,22). The van der Waals surface area contributed by atoms with Gasteiger partial charge in [-0.2, -0.15) is 5.10 Å². The number of halogens is 2. The molecule has 0 radical (unpaired) electrons. The lowest BCUT2D eigenvalue weighted by Crippen LogP contribution is -2.31. The zero-order valence-electron chi connectivity index (χ0n) is 11.5. The Kier molecular flexibility index (Phi) is 4.34. The number of thiocarbonyl (C=S) groups is 1. The predicted molar refractivity (Wildman–Crippen MR) is 95.4 cm³/mol. The largest absolute Gasteiger partial charge is 0.375 e. The maximum Gasteiger partial charge on any atom is 0.187 e. The van der Waals surface area contributed by atoms with Crippen molar-refractivity contribution in [3.05, 3.63) is 69.7 Å². The van der Waals surface area contributed by atoms with Gasteiger partial charge in [0.05, 0.1) is 21.8 Å². The van der Waals surface area contributed by atoms with E-state index in [0.717, 1.165) is 16.8 Å². The van der Waals surface area contributed by atoms with Crippen LogP contribution in [0.1, 0.15) is 23.6 Å². The Morgan fingerprint density at radius 1 is 1.14 bits per heavy atom. The molecule has 2 aromatic carbocycles. The molecular formula is C16H13Cl2N3S. The van der Waals surface area contributed by atoms with E-state index in [9.17, 15) is 0 Å². The van der Waals surface area contributed by atoms with Crippen molar-refractivity contribution in [1.82, 2.24) is 5.01 Å². The lowest BCUT2D eigenvalue weighted by molar-refractivity contribution is 0.373. The summed E-state index contributed by atoms with van der Waals surface area (Å²) in [5.41, 5.74) is 8.67. The van der Waals surface area contributed by atoms with Gasteiger partial charge < -0.3 is 5.73 Å². The van der Waals surface area contributed by atoms with Crippen molar-refractivity contribution < 1.29 is 0 Å². The van der Waals surface area contributed by atoms with E-state index in [-0.39, 0.29) is 11.2 Å². The van der Waals surface area contributed by atoms with E-state index in [4.69, 9.17) is 41.2 Å². The van der Waals surface area contributed by atoms with Crippen molar-refractivity contribution in [3.63, 3.8) is 0 Å². The van der Waals surface area contributed by atoms with Gasteiger partial charge in [0.25, 0.3) is 0 Å². The van der Waals surface area contributed by atoms with Gasteiger partial charge in [0, 0.05) is 6.42 Å². The molecule has 0 aromatic heterocycles. The number of nitrogens with two attached hydrogens (primary N) is 1. The molecule has 1 unspecified atom stereocenters. The molecule has 0 aliphatic carbocycles. The minimum atomic E-state index is -0.140. The van der Waals surface area contributed by atoms with Gasteiger partial charge >= 0.3 is 0 Å². The molecule has 3 rings (SSSR count). The van der Waals surface area contributed by atoms with Crippen LogP contribution >= 0.6 is 35.4 Å². The van der Waals surface area contributed by atoms with E-state index < -0.39 is 0 Å². The van der Waals surface area contributed by atoms with Crippen molar-refractivity contribution >= 4 is 46.2 Å². The van der Waals surface area contributed by atoms with Crippen LogP contribution in [0.2, 0.25) is 10.0 Å². The second kappa shape index (κ2) is 6.24. The first-order valence-electron chi connectivity index (χ1n) is 6.73. The Hall–Kier alpha value is -1.62. The molecule has 3 nitrogen and oxygen atoms in total. The summed E-state index contributed by atoms with van der Waals surface area (Å²) in [4.78, 5) is 0. The molecule has 0 fully saturated rings. The first kappa shape index (κ1) is 15.3. The number of rotatable bonds is 2. The van der Waals surface area contributed by atoms with Crippen LogP contribution in [0.5, 0.6) is 0 Å². The number of hydrazone groups is 1. The fourth-order valence-electron chi connectivity index (χ4n) is 2.54. The SMILES string of the molecule is NC(=S)N1N=C(c2ccccc2)CC1c1cccc(Cl)c1Cl. The van der Waals surface area contributed by atoms with Crippen molar-refractivity contribution in [2.45, 2.75) is 12.5 Å². The molecular weight excluding hydrogens is 337 g/mol. The second-order valence-electron chi connectivity index (χ2n) is 4.96. The molecule has 1 aliphatic rings. The highest BCUT2D eigenvalue weighted by Gasteiger charge is 2.32. The maximum absolute atomic E-state index is 6.34. The zero-order chi connectivity index (χ0) is 15.7. The summed E-state index contributed by atoms with van der Waals surface area (Å²) in [6.45, 7) is 0. The highest BCUT2D eigenvalue weighted by Crippen LogP contribution is 2.38. The van der Waals surface area contributed by atoms with Crippen molar-refractivity contribution in [1.29, 1.82) is 0 Å². The molecule has 2 N–H and O–H groups in total. The summed E-state index contributed by atoms with van der Waals surface area (Å²) >= 11 is 17.6. The third-order valence-corrected chi connectivity index (χ3v) is 4.60. The zero-order valence-corrected chi connectivity index (χ0v) is 13.9. The summed E-state index contributed by atoms with van der Waals surface area (Å²) in [6.07, 6.45) is 0.668. The van der Waals surface area contributed by atoms with Crippen molar-refractivity contribution in [3.8, 4) is 0 Å². The topological polar surface area (TPSA) is 41.6 Å². The quantitative estimate of drug-likeness (QED) is 0.817. The Bertz CT molecular complexity index is 746. The van der Waals surface area contributed by atoms with E-state index in [1.165, 1.54) is 0 Å². The van der Waals surface area contributed by atoms with Crippen LogP contribution in [-0.4, -0.2) is 15.8 Å². The summed E-state index contributed by atoms with van der Waals surface area (Å²) in [6, 6.07) is 15.3. The van der Waals surface area contributed by atoms with Gasteiger partial charge in [0.2, 0.25) is 0 Å². The summed E-state index contributed by atoms with van der Waals surface area (Å²) in [5.74, 6) is 0. The number of hydrogen-bond donors (Lipinski definition) is 1. The van der Waals surface area contributed by atoms with Gasteiger partial charge in [-0.15, -0.1) is 0 Å². The number of hydrogen-bond acceptors (Lipinski definition) is 2. The van der Waals surface area contributed by atoms with Gasteiger partial charge in [-0.1, -0.05) is 65.7 Å². The highest BCUT2D eigenvalue weighted by atomic mass is 35.5. The van der Waals surface area contributed by atoms with Gasteiger partial charge in [-0.3, -0.25) is 0 Å². The molecule has 0 saturated carbocycles. The molecule has 0 spiro atoms. The molecule has 22 heavy (non-hydrogen) atoms. The fourth-order valence-corrected chi connectivity index (χ4v) is 3.14. The lowest BCUT2D eigenvalue weighted by atomic mass is 9.98. The smallest absolute Gasteiger partial charge is 0.187 e.